The minimum Gasteiger partial charge on any atom is -0.382 e. The van der Waals surface area contributed by atoms with Crippen molar-refractivity contribution in [3.8, 4) is 0 Å². The van der Waals surface area contributed by atoms with Gasteiger partial charge in [0.1, 0.15) is 0 Å². The molecule has 0 spiro atoms. The zero-order chi connectivity index (χ0) is 13.3. The standard InChI is InChI=1S/C14H30N2O2/c1-16(9-10-18-12-11-17-2)14(13-15)7-5-3-4-6-8-14/h3-13,15H2,1-2H3. The van der Waals surface area contributed by atoms with E-state index in [1.165, 1.54) is 38.5 Å². The largest absolute Gasteiger partial charge is 0.382 e. The van der Waals surface area contributed by atoms with Gasteiger partial charge in [0.05, 0.1) is 19.8 Å². The molecule has 1 saturated carbocycles. The summed E-state index contributed by atoms with van der Waals surface area (Å²) in [5.41, 5.74) is 6.27. The van der Waals surface area contributed by atoms with Crippen LogP contribution in [0, 0.1) is 0 Å². The highest BCUT2D eigenvalue weighted by Crippen LogP contribution is 2.30. The van der Waals surface area contributed by atoms with E-state index < -0.39 is 0 Å². The molecule has 2 N–H and O–H groups in total. The third kappa shape index (κ3) is 4.84. The van der Waals surface area contributed by atoms with Gasteiger partial charge in [-0.3, -0.25) is 4.90 Å². The summed E-state index contributed by atoms with van der Waals surface area (Å²) < 4.78 is 10.5. The van der Waals surface area contributed by atoms with Gasteiger partial charge in [-0.1, -0.05) is 25.7 Å². The van der Waals surface area contributed by atoms with Crippen LogP contribution in [0.25, 0.3) is 0 Å². The second-order valence-electron chi connectivity index (χ2n) is 5.37. The molecule has 1 aliphatic rings. The second-order valence-corrected chi connectivity index (χ2v) is 5.37. The van der Waals surface area contributed by atoms with Crippen LogP contribution in [0.5, 0.6) is 0 Å². The number of nitrogens with zero attached hydrogens (tertiary/aromatic N) is 1. The maximum absolute atomic E-state index is 6.06. The lowest BCUT2D eigenvalue weighted by Crippen LogP contribution is -2.52. The molecule has 0 heterocycles. The number of hydrogen-bond donors (Lipinski definition) is 1. The minimum absolute atomic E-state index is 0.209. The van der Waals surface area contributed by atoms with Crippen LogP contribution in [0.1, 0.15) is 38.5 Å². The van der Waals surface area contributed by atoms with E-state index in [0.29, 0.717) is 13.2 Å². The Labute approximate surface area is 112 Å². The first-order chi connectivity index (χ1) is 8.75. The Hall–Kier alpha value is -0.160. The molecular formula is C14H30N2O2. The Bertz CT molecular complexity index is 204. The highest BCUT2D eigenvalue weighted by atomic mass is 16.5. The summed E-state index contributed by atoms with van der Waals surface area (Å²) in [5.74, 6) is 0. The van der Waals surface area contributed by atoms with Crippen molar-refractivity contribution >= 4 is 0 Å². The van der Waals surface area contributed by atoms with Crippen LogP contribution in [0.4, 0.5) is 0 Å². The molecule has 0 bridgehead atoms. The Morgan fingerprint density at radius 2 is 1.72 bits per heavy atom. The lowest BCUT2D eigenvalue weighted by atomic mass is 9.88. The van der Waals surface area contributed by atoms with Gasteiger partial charge in [-0.05, 0) is 19.9 Å². The fourth-order valence-electron chi connectivity index (χ4n) is 2.81. The molecule has 1 rings (SSSR count). The van der Waals surface area contributed by atoms with Crippen LogP contribution in [-0.2, 0) is 9.47 Å². The Balaban J connectivity index is 2.33. The van der Waals surface area contributed by atoms with Crippen molar-refractivity contribution in [2.24, 2.45) is 5.73 Å². The number of rotatable bonds is 8. The Morgan fingerprint density at radius 1 is 1.06 bits per heavy atom. The fraction of sp³-hybridized carbons (Fsp3) is 1.00. The van der Waals surface area contributed by atoms with E-state index >= 15 is 0 Å². The summed E-state index contributed by atoms with van der Waals surface area (Å²) >= 11 is 0. The van der Waals surface area contributed by atoms with Crippen LogP contribution in [0.2, 0.25) is 0 Å². The van der Waals surface area contributed by atoms with Gasteiger partial charge in [-0.15, -0.1) is 0 Å². The van der Waals surface area contributed by atoms with Crippen molar-refractivity contribution < 1.29 is 9.47 Å². The van der Waals surface area contributed by atoms with Gasteiger partial charge < -0.3 is 15.2 Å². The van der Waals surface area contributed by atoms with Crippen molar-refractivity contribution in [2.75, 3.05) is 47.1 Å². The van der Waals surface area contributed by atoms with Crippen molar-refractivity contribution in [3.05, 3.63) is 0 Å². The fourth-order valence-corrected chi connectivity index (χ4v) is 2.81. The first-order valence-corrected chi connectivity index (χ1v) is 7.23. The molecule has 0 amide bonds. The first-order valence-electron chi connectivity index (χ1n) is 7.23. The van der Waals surface area contributed by atoms with Crippen molar-refractivity contribution in [1.29, 1.82) is 0 Å². The summed E-state index contributed by atoms with van der Waals surface area (Å²) in [6.07, 6.45) is 7.81. The van der Waals surface area contributed by atoms with Gasteiger partial charge in [-0.25, -0.2) is 0 Å². The number of hydrogen-bond acceptors (Lipinski definition) is 4. The predicted molar refractivity (Wildman–Crippen MR) is 74.8 cm³/mol. The molecule has 0 saturated heterocycles. The van der Waals surface area contributed by atoms with E-state index in [1.807, 2.05) is 0 Å². The summed E-state index contributed by atoms with van der Waals surface area (Å²) in [4.78, 5) is 2.42. The quantitative estimate of drug-likeness (QED) is 0.531. The van der Waals surface area contributed by atoms with Crippen LogP contribution in [0.3, 0.4) is 0 Å². The molecule has 0 unspecified atom stereocenters. The first kappa shape index (κ1) is 15.9. The predicted octanol–water partition coefficient (Wildman–Crippen LogP) is 1.63. The van der Waals surface area contributed by atoms with Crippen LogP contribution in [0.15, 0.2) is 0 Å². The number of likely N-dealkylation sites (N-methyl/N-ethyl adjacent to an activating group) is 1. The second kappa shape index (κ2) is 8.86. The average molecular weight is 258 g/mol. The molecule has 0 radical (unpaired) electrons. The van der Waals surface area contributed by atoms with E-state index in [-0.39, 0.29) is 5.54 Å². The maximum atomic E-state index is 6.06. The molecule has 4 nitrogen and oxygen atoms in total. The summed E-state index contributed by atoms with van der Waals surface area (Å²) in [7, 11) is 3.89. The highest BCUT2D eigenvalue weighted by Gasteiger charge is 2.33. The SMILES string of the molecule is COCCOCCN(C)C1(CN)CCCCCC1. The minimum atomic E-state index is 0.209. The normalized spacial score (nSPS) is 20.0. The maximum Gasteiger partial charge on any atom is 0.0700 e. The Morgan fingerprint density at radius 3 is 2.28 bits per heavy atom. The number of nitrogens with two attached hydrogens (primary N) is 1. The Kier molecular flexibility index (Phi) is 7.82. The van der Waals surface area contributed by atoms with Crippen LogP contribution >= 0.6 is 0 Å². The molecule has 108 valence electrons. The molecule has 1 fully saturated rings. The van der Waals surface area contributed by atoms with E-state index in [1.54, 1.807) is 7.11 Å². The van der Waals surface area contributed by atoms with E-state index in [9.17, 15) is 0 Å². The zero-order valence-electron chi connectivity index (χ0n) is 12.1. The van der Waals surface area contributed by atoms with Gasteiger partial charge in [0, 0.05) is 25.7 Å². The van der Waals surface area contributed by atoms with Crippen molar-refractivity contribution in [3.63, 3.8) is 0 Å². The molecule has 0 atom stereocenters. The van der Waals surface area contributed by atoms with Gasteiger partial charge in [-0.2, -0.15) is 0 Å². The smallest absolute Gasteiger partial charge is 0.0700 e. The lowest BCUT2D eigenvalue weighted by molar-refractivity contribution is 0.0332. The average Bonchev–Trinajstić information content (AvgIpc) is 2.64. The number of ether oxygens (including phenoxy) is 2. The van der Waals surface area contributed by atoms with Gasteiger partial charge in [0.25, 0.3) is 0 Å². The van der Waals surface area contributed by atoms with Gasteiger partial charge in [0.2, 0.25) is 0 Å². The molecular weight excluding hydrogens is 228 g/mol. The lowest BCUT2D eigenvalue weighted by Gasteiger charge is -2.41. The molecule has 0 aromatic heterocycles. The third-order valence-electron chi connectivity index (χ3n) is 4.23. The van der Waals surface area contributed by atoms with Gasteiger partial charge >= 0.3 is 0 Å². The third-order valence-corrected chi connectivity index (χ3v) is 4.23. The number of methoxy groups -OCH3 is 1. The van der Waals surface area contributed by atoms with E-state index in [2.05, 4.69) is 11.9 Å². The highest BCUT2D eigenvalue weighted by molar-refractivity contribution is 4.91. The van der Waals surface area contributed by atoms with E-state index in [0.717, 1.165) is 19.7 Å². The topological polar surface area (TPSA) is 47.7 Å². The summed E-state index contributed by atoms with van der Waals surface area (Å²) in [6, 6.07) is 0. The van der Waals surface area contributed by atoms with Crippen LogP contribution in [-0.4, -0.2) is 57.5 Å². The molecule has 4 heteroatoms. The van der Waals surface area contributed by atoms with Crippen molar-refractivity contribution in [1.82, 2.24) is 4.90 Å². The molecule has 0 aromatic rings. The van der Waals surface area contributed by atoms with Crippen molar-refractivity contribution in [2.45, 2.75) is 44.1 Å². The zero-order valence-corrected chi connectivity index (χ0v) is 12.1. The molecule has 0 aromatic carbocycles. The summed E-state index contributed by atoms with van der Waals surface area (Å²) in [6.45, 7) is 3.84. The van der Waals surface area contributed by atoms with Gasteiger partial charge in [0.15, 0.2) is 0 Å². The monoisotopic (exact) mass is 258 g/mol. The van der Waals surface area contributed by atoms with E-state index in [4.69, 9.17) is 15.2 Å². The molecule has 1 aliphatic carbocycles. The molecule has 0 aliphatic heterocycles. The summed E-state index contributed by atoms with van der Waals surface area (Å²) in [5, 5.41) is 0. The molecule has 18 heavy (non-hydrogen) atoms. The van der Waals surface area contributed by atoms with Crippen LogP contribution < -0.4 is 5.73 Å².